The van der Waals surface area contributed by atoms with Crippen molar-refractivity contribution in [3.63, 3.8) is 0 Å². The van der Waals surface area contributed by atoms with Gasteiger partial charge in [0.1, 0.15) is 10.6 Å². The molecule has 1 aromatic rings. The van der Waals surface area contributed by atoms with Gasteiger partial charge in [0.2, 0.25) is 10.0 Å². The summed E-state index contributed by atoms with van der Waals surface area (Å²) in [5, 5.41) is 14.6. The van der Waals surface area contributed by atoms with Crippen LogP contribution in [0.1, 0.15) is 10.5 Å². The summed E-state index contributed by atoms with van der Waals surface area (Å²) in [6, 6.07) is 1.21. The second-order valence-electron chi connectivity index (χ2n) is 4.51. The van der Waals surface area contributed by atoms with E-state index in [1.807, 2.05) is 0 Å². The van der Waals surface area contributed by atoms with Gasteiger partial charge in [-0.25, -0.2) is 13.6 Å². The van der Waals surface area contributed by atoms with Crippen molar-refractivity contribution in [2.45, 2.75) is 11.0 Å². The van der Waals surface area contributed by atoms with Crippen LogP contribution in [0, 0.1) is 0 Å². The maximum atomic E-state index is 12.2. The number of carbonyl (C=O) groups excluding carboxylic acids is 1. The SMILES string of the molecule is COCC(O)CN(C)C(=O)c1cc(S(N)(=O)=O)cn1C. The fourth-order valence-corrected chi connectivity index (χ4v) is 2.32. The van der Waals surface area contributed by atoms with E-state index >= 15 is 0 Å². The predicted molar refractivity (Wildman–Crippen MR) is 71.6 cm³/mol. The molecular weight excluding hydrogens is 286 g/mol. The zero-order chi connectivity index (χ0) is 15.5. The first-order valence-corrected chi connectivity index (χ1v) is 7.33. The third-order valence-electron chi connectivity index (χ3n) is 2.72. The molecule has 1 heterocycles. The first-order chi connectivity index (χ1) is 9.16. The van der Waals surface area contributed by atoms with Crippen molar-refractivity contribution >= 4 is 15.9 Å². The quantitative estimate of drug-likeness (QED) is 0.681. The molecule has 0 aliphatic rings. The Hall–Kier alpha value is -1.42. The molecule has 114 valence electrons. The number of primary sulfonamides is 1. The summed E-state index contributed by atoms with van der Waals surface area (Å²) in [5.74, 6) is -0.419. The minimum absolute atomic E-state index is 0.0720. The van der Waals surface area contributed by atoms with E-state index in [1.54, 1.807) is 7.05 Å². The van der Waals surface area contributed by atoms with Gasteiger partial charge >= 0.3 is 0 Å². The van der Waals surface area contributed by atoms with Gasteiger partial charge in [-0.1, -0.05) is 0 Å². The number of aliphatic hydroxyl groups is 1. The van der Waals surface area contributed by atoms with Gasteiger partial charge in [0, 0.05) is 33.9 Å². The van der Waals surface area contributed by atoms with E-state index in [9.17, 15) is 18.3 Å². The van der Waals surface area contributed by atoms with Crippen molar-refractivity contribution in [3.05, 3.63) is 18.0 Å². The summed E-state index contributed by atoms with van der Waals surface area (Å²) in [7, 11) is 0.637. The average molecular weight is 305 g/mol. The molecule has 0 aliphatic carbocycles. The molecule has 1 atom stereocenters. The van der Waals surface area contributed by atoms with E-state index in [0.717, 1.165) is 0 Å². The van der Waals surface area contributed by atoms with Crippen LogP contribution in [0.25, 0.3) is 0 Å². The zero-order valence-electron chi connectivity index (χ0n) is 11.6. The first-order valence-electron chi connectivity index (χ1n) is 5.78. The van der Waals surface area contributed by atoms with Crippen LogP contribution in [-0.4, -0.2) is 62.3 Å². The summed E-state index contributed by atoms with van der Waals surface area (Å²) in [6.07, 6.45) is 0.453. The zero-order valence-corrected chi connectivity index (χ0v) is 12.4. The number of amides is 1. The van der Waals surface area contributed by atoms with Crippen LogP contribution in [0.2, 0.25) is 0 Å². The monoisotopic (exact) mass is 305 g/mol. The van der Waals surface area contributed by atoms with Gasteiger partial charge in [0.05, 0.1) is 12.7 Å². The number of likely N-dealkylation sites (N-methyl/N-ethyl adjacent to an activating group) is 1. The number of aromatic nitrogens is 1. The lowest BCUT2D eigenvalue weighted by Gasteiger charge is -2.20. The highest BCUT2D eigenvalue weighted by Gasteiger charge is 2.21. The van der Waals surface area contributed by atoms with E-state index in [2.05, 4.69) is 0 Å². The number of rotatable bonds is 6. The van der Waals surface area contributed by atoms with Gasteiger partial charge in [-0.2, -0.15) is 0 Å². The molecule has 20 heavy (non-hydrogen) atoms. The Labute approximate surface area is 117 Å². The molecule has 0 saturated carbocycles. The Kier molecular flexibility index (Phi) is 5.28. The van der Waals surface area contributed by atoms with Crippen molar-refractivity contribution < 1.29 is 23.1 Å². The lowest BCUT2D eigenvalue weighted by atomic mass is 10.3. The lowest BCUT2D eigenvalue weighted by Crippen LogP contribution is -2.36. The third-order valence-corrected chi connectivity index (χ3v) is 3.60. The highest BCUT2D eigenvalue weighted by Crippen LogP contribution is 2.13. The van der Waals surface area contributed by atoms with Crippen LogP contribution in [0.4, 0.5) is 0 Å². The molecule has 1 unspecified atom stereocenters. The van der Waals surface area contributed by atoms with Gasteiger partial charge in [-0.05, 0) is 6.07 Å². The van der Waals surface area contributed by atoms with E-state index in [4.69, 9.17) is 9.88 Å². The molecule has 1 amide bonds. The Morgan fingerprint density at radius 2 is 2.20 bits per heavy atom. The Balaban J connectivity index is 2.90. The van der Waals surface area contributed by atoms with Crippen molar-refractivity contribution in [2.24, 2.45) is 12.2 Å². The number of sulfonamides is 1. The molecular formula is C11H19N3O5S. The number of ether oxygens (including phenoxy) is 1. The van der Waals surface area contributed by atoms with E-state index in [-0.39, 0.29) is 23.7 Å². The molecule has 0 aromatic carbocycles. The largest absolute Gasteiger partial charge is 0.389 e. The number of methoxy groups -OCH3 is 1. The Bertz CT molecular complexity index is 581. The van der Waals surface area contributed by atoms with Crippen molar-refractivity contribution in [1.82, 2.24) is 9.47 Å². The average Bonchev–Trinajstić information content (AvgIpc) is 2.70. The van der Waals surface area contributed by atoms with Crippen LogP contribution >= 0.6 is 0 Å². The second-order valence-corrected chi connectivity index (χ2v) is 6.07. The van der Waals surface area contributed by atoms with Gasteiger partial charge in [-0.3, -0.25) is 4.79 Å². The normalized spacial score (nSPS) is 13.2. The van der Waals surface area contributed by atoms with Crippen LogP contribution in [0.15, 0.2) is 17.2 Å². The predicted octanol–water partition coefficient (Wildman–Crippen LogP) is -1.25. The molecule has 1 aromatic heterocycles. The summed E-state index contributed by atoms with van der Waals surface area (Å²) < 4.78 is 28.6. The number of aliphatic hydroxyl groups excluding tert-OH is 1. The fraction of sp³-hybridized carbons (Fsp3) is 0.545. The molecule has 0 fully saturated rings. The molecule has 0 saturated heterocycles. The van der Waals surface area contributed by atoms with Gasteiger partial charge < -0.3 is 19.3 Å². The molecule has 1 rings (SSSR count). The van der Waals surface area contributed by atoms with Crippen molar-refractivity contribution in [3.8, 4) is 0 Å². The first kappa shape index (κ1) is 16.6. The fourth-order valence-electron chi connectivity index (χ4n) is 1.74. The molecule has 0 radical (unpaired) electrons. The number of nitrogens with two attached hydrogens (primary N) is 1. The van der Waals surface area contributed by atoms with Gasteiger partial charge in [0.15, 0.2) is 0 Å². The van der Waals surface area contributed by atoms with Crippen molar-refractivity contribution in [1.29, 1.82) is 0 Å². The van der Waals surface area contributed by atoms with E-state index < -0.39 is 22.0 Å². The summed E-state index contributed by atoms with van der Waals surface area (Å²) in [4.78, 5) is 13.3. The third kappa shape index (κ3) is 4.04. The minimum atomic E-state index is -3.86. The van der Waals surface area contributed by atoms with Crippen molar-refractivity contribution in [2.75, 3.05) is 27.3 Å². The number of hydrogen-bond donors (Lipinski definition) is 2. The molecule has 0 spiro atoms. The number of hydrogen-bond acceptors (Lipinski definition) is 5. The lowest BCUT2D eigenvalue weighted by molar-refractivity contribution is 0.0376. The van der Waals surface area contributed by atoms with Crippen LogP contribution in [-0.2, 0) is 21.8 Å². The highest BCUT2D eigenvalue weighted by molar-refractivity contribution is 7.89. The number of aryl methyl sites for hydroxylation is 1. The van der Waals surface area contributed by atoms with Gasteiger partial charge in [0.25, 0.3) is 5.91 Å². The van der Waals surface area contributed by atoms with E-state index in [0.29, 0.717) is 0 Å². The highest BCUT2D eigenvalue weighted by atomic mass is 32.2. The smallest absolute Gasteiger partial charge is 0.270 e. The molecule has 8 nitrogen and oxygen atoms in total. The Morgan fingerprint density at radius 1 is 1.60 bits per heavy atom. The number of carbonyl (C=O) groups is 1. The van der Waals surface area contributed by atoms with Gasteiger partial charge in [-0.15, -0.1) is 0 Å². The summed E-state index contributed by atoms with van der Waals surface area (Å²) in [5.41, 5.74) is 0.168. The molecule has 3 N–H and O–H groups in total. The topological polar surface area (TPSA) is 115 Å². The maximum absolute atomic E-state index is 12.2. The number of nitrogens with zero attached hydrogens (tertiary/aromatic N) is 2. The molecule has 0 bridgehead atoms. The van der Waals surface area contributed by atoms with E-state index in [1.165, 1.54) is 35.9 Å². The van der Waals surface area contributed by atoms with Crippen LogP contribution < -0.4 is 5.14 Å². The second kappa shape index (κ2) is 6.35. The standard InChI is InChI=1S/C11H19N3O5S/c1-13-6-9(20(12,17)18)4-10(13)11(16)14(2)5-8(15)7-19-3/h4,6,8,15H,5,7H2,1-3H3,(H2,12,17,18). The minimum Gasteiger partial charge on any atom is -0.389 e. The Morgan fingerprint density at radius 3 is 2.65 bits per heavy atom. The van der Waals surface area contributed by atoms with Crippen LogP contribution in [0.3, 0.4) is 0 Å². The molecule has 0 aliphatic heterocycles. The summed E-state index contributed by atoms with van der Waals surface area (Å²) >= 11 is 0. The van der Waals surface area contributed by atoms with Crippen LogP contribution in [0.5, 0.6) is 0 Å². The molecule has 9 heteroatoms. The maximum Gasteiger partial charge on any atom is 0.270 e. The summed E-state index contributed by atoms with van der Waals surface area (Å²) in [6.45, 7) is 0.176.